The number of para-hydroxylation sites is 1. The number of hydrogen-bond donors (Lipinski definition) is 2. The van der Waals surface area contributed by atoms with Gasteiger partial charge in [-0.2, -0.15) is 0 Å². The van der Waals surface area contributed by atoms with E-state index in [9.17, 15) is 9.59 Å². The molecule has 2 atom stereocenters. The second-order valence-electron chi connectivity index (χ2n) is 7.92. The molecule has 28 heavy (non-hydrogen) atoms. The molecule has 6 nitrogen and oxygen atoms in total. The third kappa shape index (κ3) is 6.23. The average molecular weight is 390 g/mol. The number of piperidine rings is 1. The second kappa shape index (κ2) is 11.1. The Kier molecular flexibility index (Phi) is 8.77. The van der Waals surface area contributed by atoms with Gasteiger partial charge in [-0.15, -0.1) is 0 Å². The molecule has 1 saturated heterocycles. The number of ether oxygens (including phenoxy) is 1. The lowest BCUT2D eigenvalue weighted by molar-refractivity contribution is -0.123. The van der Waals surface area contributed by atoms with Crippen molar-refractivity contribution < 1.29 is 14.3 Å². The summed E-state index contributed by atoms with van der Waals surface area (Å²) in [4.78, 5) is 27.8. The van der Waals surface area contributed by atoms with Crippen molar-refractivity contribution >= 4 is 11.8 Å². The number of benzene rings is 1. The van der Waals surface area contributed by atoms with Crippen LogP contribution in [0.4, 0.5) is 0 Å². The lowest BCUT2D eigenvalue weighted by atomic mass is 10.0. The zero-order valence-electron chi connectivity index (χ0n) is 17.7. The number of rotatable bonds is 9. The number of carbonyl (C=O) groups excluding carboxylic acids is 2. The fourth-order valence-electron chi connectivity index (χ4n) is 3.68. The first-order valence-corrected chi connectivity index (χ1v) is 10.4. The van der Waals surface area contributed by atoms with Crippen molar-refractivity contribution in [2.24, 2.45) is 5.92 Å². The molecule has 0 radical (unpaired) electrons. The highest BCUT2D eigenvalue weighted by Crippen LogP contribution is 2.18. The number of nitrogens with zero attached hydrogens (tertiary/aromatic N) is 1. The highest BCUT2D eigenvalue weighted by atomic mass is 16.5. The minimum Gasteiger partial charge on any atom is -0.496 e. The van der Waals surface area contributed by atoms with Gasteiger partial charge in [-0.05, 0) is 50.8 Å². The first-order chi connectivity index (χ1) is 13.4. The normalized spacial score (nSPS) is 18.5. The number of methoxy groups -OCH3 is 1. The van der Waals surface area contributed by atoms with Crippen LogP contribution in [0, 0.1) is 5.92 Å². The number of carbonyl (C=O) groups is 2. The summed E-state index contributed by atoms with van der Waals surface area (Å²) in [5.74, 6) is 0.0534. The molecule has 156 valence electrons. The van der Waals surface area contributed by atoms with E-state index in [1.807, 2.05) is 19.9 Å². The summed E-state index contributed by atoms with van der Waals surface area (Å²) in [5.41, 5.74) is 0.433. The fraction of sp³-hybridized carbons (Fsp3) is 0.636. The smallest absolute Gasteiger partial charge is 0.255 e. The number of nitrogens with one attached hydrogen (secondary N) is 2. The van der Waals surface area contributed by atoms with E-state index in [0.29, 0.717) is 23.9 Å². The van der Waals surface area contributed by atoms with E-state index < -0.39 is 6.04 Å². The van der Waals surface area contributed by atoms with Gasteiger partial charge in [0.1, 0.15) is 11.8 Å². The van der Waals surface area contributed by atoms with Gasteiger partial charge >= 0.3 is 0 Å². The Bertz CT molecular complexity index is 648. The Hall–Kier alpha value is -2.08. The predicted molar refractivity (Wildman–Crippen MR) is 112 cm³/mol. The standard InChI is InChI=1S/C22H35N3O3/c1-16(2)20(24-21(26)18-11-5-6-12-19(18)28-4)22(27)23-13-9-15-25-14-8-7-10-17(25)3/h5-6,11-12,16-17,20H,7-10,13-15H2,1-4H3,(H,23,27)(H,24,26)/t17-,20+/m1/s1. The first-order valence-electron chi connectivity index (χ1n) is 10.4. The van der Waals surface area contributed by atoms with Crippen LogP contribution in [-0.2, 0) is 4.79 Å². The molecular weight excluding hydrogens is 354 g/mol. The van der Waals surface area contributed by atoms with E-state index >= 15 is 0 Å². The van der Waals surface area contributed by atoms with Gasteiger partial charge in [-0.1, -0.05) is 32.4 Å². The van der Waals surface area contributed by atoms with E-state index in [-0.39, 0.29) is 17.7 Å². The van der Waals surface area contributed by atoms with Gasteiger partial charge in [-0.3, -0.25) is 9.59 Å². The van der Waals surface area contributed by atoms with Crippen LogP contribution in [0.5, 0.6) is 5.75 Å². The van der Waals surface area contributed by atoms with Crippen molar-refractivity contribution in [3.8, 4) is 5.75 Å². The van der Waals surface area contributed by atoms with Crippen molar-refractivity contribution in [2.45, 2.75) is 58.5 Å². The summed E-state index contributed by atoms with van der Waals surface area (Å²) in [7, 11) is 1.53. The molecule has 0 bridgehead atoms. The molecule has 1 aromatic rings. The van der Waals surface area contributed by atoms with Crippen LogP contribution < -0.4 is 15.4 Å². The molecule has 1 aliphatic rings. The summed E-state index contributed by atoms with van der Waals surface area (Å²) in [6.07, 6.45) is 4.76. The van der Waals surface area contributed by atoms with E-state index in [1.165, 1.54) is 26.4 Å². The van der Waals surface area contributed by atoms with E-state index in [0.717, 1.165) is 19.5 Å². The van der Waals surface area contributed by atoms with Gasteiger partial charge in [0.15, 0.2) is 0 Å². The molecule has 2 rings (SSSR count). The summed E-state index contributed by atoms with van der Waals surface area (Å²) in [6, 6.07) is 7.08. The topological polar surface area (TPSA) is 70.7 Å². The van der Waals surface area contributed by atoms with Gasteiger partial charge in [-0.25, -0.2) is 0 Å². The number of hydrogen-bond acceptors (Lipinski definition) is 4. The zero-order valence-corrected chi connectivity index (χ0v) is 17.7. The van der Waals surface area contributed by atoms with Gasteiger partial charge in [0.2, 0.25) is 5.91 Å². The molecule has 0 unspecified atom stereocenters. The molecule has 1 fully saturated rings. The average Bonchev–Trinajstić information content (AvgIpc) is 2.69. The summed E-state index contributed by atoms with van der Waals surface area (Å²) < 4.78 is 5.25. The van der Waals surface area contributed by atoms with Crippen molar-refractivity contribution in [1.29, 1.82) is 0 Å². The highest BCUT2D eigenvalue weighted by Gasteiger charge is 2.25. The molecule has 6 heteroatoms. The van der Waals surface area contributed by atoms with Gasteiger partial charge in [0.25, 0.3) is 5.91 Å². The SMILES string of the molecule is COc1ccccc1C(=O)N[C@H](C(=O)NCCCN1CCCC[C@H]1C)C(C)C. The Balaban J connectivity index is 1.85. The maximum Gasteiger partial charge on any atom is 0.255 e. The quantitative estimate of drug-likeness (QED) is 0.637. The molecule has 2 amide bonds. The summed E-state index contributed by atoms with van der Waals surface area (Å²) in [5, 5.41) is 5.86. The molecule has 1 aliphatic heterocycles. The Morgan fingerprint density at radius 3 is 2.68 bits per heavy atom. The largest absolute Gasteiger partial charge is 0.496 e. The Morgan fingerprint density at radius 2 is 2.00 bits per heavy atom. The third-order valence-corrected chi connectivity index (χ3v) is 5.45. The van der Waals surface area contributed by atoms with Crippen molar-refractivity contribution in [2.75, 3.05) is 26.7 Å². The minimum atomic E-state index is -0.577. The van der Waals surface area contributed by atoms with Crippen molar-refractivity contribution in [3.05, 3.63) is 29.8 Å². The highest BCUT2D eigenvalue weighted by molar-refractivity contribution is 5.99. The van der Waals surface area contributed by atoms with Crippen LogP contribution >= 0.6 is 0 Å². The fourth-order valence-corrected chi connectivity index (χ4v) is 3.68. The predicted octanol–water partition coefficient (Wildman–Crippen LogP) is 2.83. The van der Waals surface area contributed by atoms with Gasteiger partial charge in [0.05, 0.1) is 12.7 Å². The molecule has 2 N–H and O–H groups in total. The van der Waals surface area contributed by atoms with Gasteiger partial charge in [0, 0.05) is 19.1 Å². The maximum absolute atomic E-state index is 12.7. The lowest BCUT2D eigenvalue weighted by Gasteiger charge is -2.33. The minimum absolute atomic E-state index is 0.0132. The molecule has 0 aliphatic carbocycles. The zero-order chi connectivity index (χ0) is 20.5. The summed E-state index contributed by atoms with van der Waals surface area (Å²) in [6.45, 7) is 8.92. The van der Waals surface area contributed by atoms with E-state index in [2.05, 4.69) is 22.5 Å². The number of amides is 2. The number of likely N-dealkylation sites (tertiary alicyclic amines) is 1. The van der Waals surface area contributed by atoms with Crippen LogP contribution in [0.15, 0.2) is 24.3 Å². The summed E-state index contributed by atoms with van der Waals surface area (Å²) >= 11 is 0. The first kappa shape index (κ1) is 22.2. The molecular formula is C22H35N3O3. The molecule has 0 saturated carbocycles. The van der Waals surface area contributed by atoms with Crippen LogP contribution in [0.25, 0.3) is 0 Å². The Labute approximate surface area is 169 Å². The molecule has 1 aromatic carbocycles. The van der Waals surface area contributed by atoms with Crippen molar-refractivity contribution in [1.82, 2.24) is 15.5 Å². The Morgan fingerprint density at radius 1 is 1.25 bits per heavy atom. The lowest BCUT2D eigenvalue weighted by Crippen LogP contribution is -2.50. The monoisotopic (exact) mass is 389 g/mol. The van der Waals surface area contributed by atoms with Crippen LogP contribution in [0.1, 0.15) is 56.8 Å². The van der Waals surface area contributed by atoms with Crippen molar-refractivity contribution in [3.63, 3.8) is 0 Å². The second-order valence-corrected chi connectivity index (χ2v) is 7.92. The molecule has 0 spiro atoms. The molecule has 1 heterocycles. The third-order valence-electron chi connectivity index (χ3n) is 5.45. The molecule has 0 aromatic heterocycles. The van der Waals surface area contributed by atoms with E-state index in [1.54, 1.807) is 18.2 Å². The van der Waals surface area contributed by atoms with E-state index in [4.69, 9.17) is 4.74 Å². The van der Waals surface area contributed by atoms with Gasteiger partial charge < -0.3 is 20.3 Å². The van der Waals surface area contributed by atoms with Crippen LogP contribution in [0.3, 0.4) is 0 Å². The maximum atomic E-state index is 12.7. The van der Waals surface area contributed by atoms with Crippen LogP contribution in [-0.4, -0.2) is 55.5 Å². The van der Waals surface area contributed by atoms with Crippen LogP contribution in [0.2, 0.25) is 0 Å².